The van der Waals surface area contributed by atoms with E-state index in [0.29, 0.717) is 5.88 Å². The predicted octanol–water partition coefficient (Wildman–Crippen LogP) is 1.46. The second-order valence-electron chi connectivity index (χ2n) is 5.26. The largest absolute Gasteiger partial charge is 0.481 e. The molecular weight excluding hydrogens is 268 g/mol. The van der Waals surface area contributed by atoms with Crippen molar-refractivity contribution >= 4 is 16.7 Å². The number of anilines is 1. The summed E-state index contributed by atoms with van der Waals surface area (Å²) in [5, 5.41) is 12.9. The lowest BCUT2D eigenvalue weighted by Crippen LogP contribution is -2.38. The third kappa shape index (κ3) is 3.22. The lowest BCUT2D eigenvalue weighted by Gasteiger charge is -2.29. The van der Waals surface area contributed by atoms with Crippen molar-refractivity contribution in [1.82, 2.24) is 14.9 Å². The summed E-state index contributed by atoms with van der Waals surface area (Å²) in [6.45, 7) is 2.56. The van der Waals surface area contributed by atoms with Crippen molar-refractivity contribution in [1.29, 1.82) is 0 Å². The van der Waals surface area contributed by atoms with Gasteiger partial charge in [0.25, 0.3) is 0 Å². The maximum atomic E-state index is 9.53. The van der Waals surface area contributed by atoms with Crippen LogP contribution in [0.25, 0.3) is 11.0 Å². The van der Waals surface area contributed by atoms with Crippen LogP contribution in [-0.2, 0) is 0 Å². The van der Waals surface area contributed by atoms with Crippen LogP contribution in [0.2, 0.25) is 0 Å². The highest BCUT2D eigenvalue weighted by atomic mass is 16.5. The Kier molecular flexibility index (Phi) is 4.17. The molecule has 0 aromatic carbocycles. The van der Waals surface area contributed by atoms with Gasteiger partial charge in [-0.15, -0.1) is 0 Å². The molecule has 2 aromatic rings. The summed E-state index contributed by atoms with van der Waals surface area (Å²) >= 11 is 0. The van der Waals surface area contributed by atoms with E-state index in [-0.39, 0.29) is 6.10 Å². The number of nitrogens with one attached hydrogen (secondary N) is 1. The first-order valence-electron chi connectivity index (χ1n) is 7.20. The molecule has 0 aliphatic carbocycles. The number of piperidine rings is 1. The van der Waals surface area contributed by atoms with Crippen molar-refractivity contribution < 1.29 is 9.84 Å². The van der Waals surface area contributed by atoms with Gasteiger partial charge in [-0.3, -0.25) is 9.88 Å². The highest BCUT2D eigenvalue weighted by molar-refractivity contribution is 5.87. The van der Waals surface area contributed by atoms with E-state index >= 15 is 0 Å². The van der Waals surface area contributed by atoms with Crippen LogP contribution in [-0.4, -0.2) is 52.9 Å². The topological polar surface area (TPSA) is 70.5 Å². The van der Waals surface area contributed by atoms with Crippen LogP contribution in [0, 0.1) is 0 Å². The van der Waals surface area contributed by atoms with E-state index in [2.05, 4.69) is 20.2 Å². The number of aliphatic hydroxyl groups excluding tert-OH is 1. The molecule has 1 saturated heterocycles. The summed E-state index contributed by atoms with van der Waals surface area (Å²) in [4.78, 5) is 11.1. The summed E-state index contributed by atoms with van der Waals surface area (Å²) < 4.78 is 5.18. The zero-order valence-electron chi connectivity index (χ0n) is 12.1. The highest BCUT2D eigenvalue weighted by Gasteiger charge is 2.16. The summed E-state index contributed by atoms with van der Waals surface area (Å²) in [6.07, 6.45) is 3.31. The standard InChI is InChI=1S/C15H20N4O2/c1-21-14-3-2-12-15(18-14)13(4-7-16-12)17-10-19-8-5-11(20)6-9-19/h2-4,7,11,20H,5-6,8-10H2,1H3,(H,16,17). The molecule has 21 heavy (non-hydrogen) atoms. The van der Waals surface area contributed by atoms with Crippen molar-refractivity contribution in [3.63, 3.8) is 0 Å². The van der Waals surface area contributed by atoms with Crippen molar-refractivity contribution in [2.75, 3.05) is 32.2 Å². The lowest BCUT2D eigenvalue weighted by atomic mass is 10.1. The van der Waals surface area contributed by atoms with Crippen LogP contribution in [0.3, 0.4) is 0 Å². The molecule has 6 nitrogen and oxygen atoms in total. The Bertz CT molecular complexity index is 612. The highest BCUT2D eigenvalue weighted by Crippen LogP contribution is 2.22. The van der Waals surface area contributed by atoms with Gasteiger partial charge in [0.15, 0.2) is 0 Å². The first-order chi connectivity index (χ1) is 10.3. The molecule has 0 saturated carbocycles. The Balaban J connectivity index is 1.74. The zero-order valence-corrected chi connectivity index (χ0v) is 12.1. The van der Waals surface area contributed by atoms with Crippen LogP contribution in [0.5, 0.6) is 5.88 Å². The minimum atomic E-state index is -0.145. The van der Waals surface area contributed by atoms with E-state index in [4.69, 9.17) is 4.74 Å². The number of likely N-dealkylation sites (tertiary alicyclic amines) is 1. The number of aromatic nitrogens is 2. The van der Waals surface area contributed by atoms with E-state index < -0.39 is 0 Å². The second kappa shape index (κ2) is 6.24. The Morgan fingerprint density at radius 3 is 2.90 bits per heavy atom. The molecule has 0 atom stereocenters. The molecule has 0 bridgehead atoms. The molecule has 2 N–H and O–H groups in total. The summed E-state index contributed by atoms with van der Waals surface area (Å²) in [5.41, 5.74) is 2.61. The van der Waals surface area contributed by atoms with Crippen LogP contribution in [0.15, 0.2) is 24.4 Å². The molecule has 1 aliphatic rings. The van der Waals surface area contributed by atoms with Crippen LogP contribution < -0.4 is 10.1 Å². The Hall–Kier alpha value is -1.92. The number of hydrogen-bond donors (Lipinski definition) is 2. The van der Waals surface area contributed by atoms with Gasteiger partial charge in [-0.2, -0.15) is 0 Å². The number of nitrogens with zero attached hydrogens (tertiary/aromatic N) is 3. The van der Waals surface area contributed by atoms with Gasteiger partial charge in [-0.1, -0.05) is 0 Å². The Morgan fingerprint density at radius 2 is 2.14 bits per heavy atom. The maximum Gasteiger partial charge on any atom is 0.213 e. The van der Waals surface area contributed by atoms with Crippen LogP contribution in [0.4, 0.5) is 5.69 Å². The lowest BCUT2D eigenvalue weighted by molar-refractivity contribution is 0.0861. The molecule has 6 heteroatoms. The number of hydrogen-bond acceptors (Lipinski definition) is 6. The molecular formula is C15H20N4O2. The fourth-order valence-electron chi connectivity index (χ4n) is 2.54. The third-order valence-corrected chi connectivity index (χ3v) is 3.82. The quantitative estimate of drug-likeness (QED) is 0.887. The van der Waals surface area contributed by atoms with E-state index in [9.17, 15) is 5.11 Å². The second-order valence-corrected chi connectivity index (χ2v) is 5.26. The number of pyridine rings is 2. The molecule has 0 radical (unpaired) electrons. The fourth-order valence-corrected chi connectivity index (χ4v) is 2.54. The number of ether oxygens (including phenoxy) is 1. The van der Waals surface area contributed by atoms with E-state index in [1.807, 2.05) is 18.2 Å². The van der Waals surface area contributed by atoms with Gasteiger partial charge < -0.3 is 15.2 Å². The monoisotopic (exact) mass is 288 g/mol. The smallest absolute Gasteiger partial charge is 0.213 e. The normalized spacial score (nSPS) is 17.0. The van der Waals surface area contributed by atoms with Crippen molar-refractivity contribution in [2.45, 2.75) is 18.9 Å². The predicted molar refractivity (Wildman–Crippen MR) is 81.4 cm³/mol. The minimum Gasteiger partial charge on any atom is -0.481 e. The van der Waals surface area contributed by atoms with Gasteiger partial charge in [0.1, 0.15) is 5.52 Å². The van der Waals surface area contributed by atoms with Crippen molar-refractivity contribution in [3.05, 3.63) is 24.4 Å². The number of rotatable bonds is 4. The summed E-state index contributed by atoms with van der Waals surface area (Å²) in [7, 11) is 1.61. The van der Waals surface area contributed by atoms with E-state index in [0.717, 1.165) is 49.3 Å². The van der Waals surface area contributed by atoms with Gasteiger partial charge in [0, 0.05) is 25.4 Å². The SMILES string of the molecule is COc1ccc2nccc(NCN3CCC(O)CC3)c2n1. The summed E-state index contributed by atoms with van der Waals surface area (Å²) in [5.74, 6) is 0.583. The molecule has 0 unspecified atom stereocenters. The average molecular weight is 288 g/mol. The van der Waals surface area contributed by atoms with Gasteiger partial charge in [-0.25, -0.2) is 4.98 Å². The van der Waals surface area contributed by atoms with E-state index in [1.54, 1.807) is 13.3 Å². The van der Waals surface area contributed by atoms with Crippen molar-refractivity contribution in [2.24, 2.45) is 0 Å². The number of methoxy groups -OCH3 is 1. The minimum absolute atomic E-state index is 0.145. The maximum absolute atomic E-state index is 9.53. The van der Waals surface area contributed by atoms with Crippen LogP contribution in [0.1, 0.15) is 12.8 Å². The molecule has 0 spiro atoms. The number of fused-ring (bicyclic) bond motifs is 1. The molecule has 112 valence electrons. The first-order valence-corrected chi connectivity index (χ1v) is 7.20. The third-order valence-electron chi connectivity index (χ3n) is 3.82. The molecule has 2 aromatic heterocycles. The molecule has 1 fully saturated rings. The van der Waals surface area contributed by atoms with Crippen LogP contribution >= 0.6 is 0 Å². The average Bonchev–Trinajstić information content (AvgIpc) is 2.54. The Morgan fingerprint density at radius 1 is 1.33 bits per heavy atom. The molecule has 0 amide bonds. The Labute approximate surface area is 123 Å². The zero-order chi connectivity index (χ0) is 14.7. The van der Waals surface area contributed by atoms with Gasteiger partial charge >= 0.3 is 0 Å². The summed E-state index contributed by atoms with van der Waals surface area (Å²) in [6, 6.07) is 5.64. The van der Waals surface area contributed by atoms with Gasteiger partial charge in [0.2, 0.25) is 5.88 Å². The van der Waals surface area contributed by atoms with E-state index in [1.165, 1.54) is 0 Å². The molecule has 3 rings (SSSR count). The van der Waals surface area contributed by atoms with Gasteiger partial charge in [0.05, 0.1) is 31.1 Å². The van der Waals surface area contributed by atoms with Crippen molar-refractivity contribution in [3.8, 4) is 5.88 Å². The molecule has 3 heterocycles. The first kappa shape index (κ1) is 14.0. The number of aliphatic hydroxyl groups is 1. The molecule has 1 aliphatic heterocycles. The van der Waals surface area contributed by atoms with Gasteiger partial charge in [-0.05, 0) is 25.0 Å². The fraction of sp³-hybridized carbons (Fsp3) is 0.467.